The highest BCUT2D eigenvalue weighted by atomic mass is 16.6. The van der Waals surface area contributed by atoms with Crippen LogP contribution in [0.15, 0.2) is 72.3 Å². The Morgan fingerprint density at radius 3 is 2.34 bits per heavy atom. The third kappa shape index (κ3) is 4.32. The second-order valence-electron chi connectivity index (χ2n) is 9.06. The number of carbonyl (C=O) groups is 3. The molecule has 1 unspecified atom stereocenters. The Kier molecular flexibility index (Phi) is 6.50. The lowest BCUT2D eigenvalue weighted by atomic mass is 9.94. The molecular weight excluding hydrogens is 488 g/mol. The predicted octanol–water partition coefficient (Wildman–Crippen LogP) is 3.94. The number of esters is 1. The molecule has 3 aromatic carbocycles. The van der Waals surface area contributed by atoms with E-state index in [1.165, 1.54) is 18.1 Å². The first-order valence-electron chi connectivity index (χ1n) is 12.0. The van der Waals surface area contributed by atoms with Gasteiger partial charge in [-0.1, -0.05) is 18.2 Å². The second kappa shape index (κ2) is 9.93. The fourth-order valence-corrected chi connectivity index (χ4v) is 4.62. The van der Waals surface area contributed by atoms with Crippen LogP contribution >= 0.6 is 0 Å². The average molecular weight is 515 g/mol. The van der Waals surface area contributed by atoms with Crippen LogP contribution in [-0.2, 0) is 14.3 Å². The smallest absolute Gasteiger partial charge is 0.337 e. The molecule has 194 valence electrons. The molecule has 1 fully saturated rings. The minimum atomic E-state index is -0.952. The van der Waals surface area contributed by atoms with Gasteiger partial charge in [-0.2, -0.15) is 0 Å². The third-order valence-corrected chi connectivity index (χ3v) is 6.53. The van der Waals surface area contributed by atoms with Crippen molar-refractivity contribution in [1.29, 1.82) is 0 Å². The van der Waals surface area contributed by atoms with Gasteiger partial charge in [-0.15, -0.1) is 0 Å². The van der Waals surface area contributed by atoms with Gasteiger partial charge in [0.2, 0.25) is 0 Å². The molecule has 9 heteroatoms. The minimum absolute atomic E-state index is 0.0762. The Balaban J connectivity index is 1.68. The van der Waals surface area contributed by atoms with Crippen LogP contribution in [0, 0.1) is 0 Å². The molecule has 0 aromatic heterocycles. The van der Waals surface area contributed by atoms with E-state index in [9.17, 15) is 19.5 Å². The summed E-state index contributed by atoms with van der Waals surface area (Å²) in [7, 11) is 5.07. The van der Waals surface area contributed by atoms with Gasteiger partial charge in [-0.25, -0.2) is 4.79 Å². The van der Waals surface area contributed by atoms with Crippen molar-refractivity contribution in [2.45, 2.75) is 6.04 Å². The number of fused-ring (bicyclic) bond motifs is 1. The van der Waals surface area contributed by atoms with Crippen molar-refractivity contribution in [2.24, 2.45) is 0 Å². The van der Waals surface area contributed by atoms with Gasteiger partial charge in [0.25, 0.3) is 11.7 Å². The summed E-state index contributed by atoms with van der Waals surface area (Å²) < 4.78 is 16.0. The predicted molar refractivity (Wildman–Crippen MR) is 141 cm³/mol. The maximum absolute atomic E-state index is 13.5. The molecule has 2 heterocycles. The molecule has 0 radical (unpaired) electrons. The summed E-state index contributed by atoms with van der Waals surface area (Å²) in [4.78, 5) is 42.3. The van der Waals surface area contributed by atoms with Gasteiger partial charge in [-0.3, -0.25) is 14.5 Å². The molecule has 2 aliphatic heterocycles. The first kappa shape index (κ1) is 24.9. The lowest BCUT2D eigenvalue weighted by molar-refractivity contribution is -0.132. The molecule has 1 amide bonds. The number of benzene rings is 3. The van der Waals surface area contributed by atoms with Crippen molar-refractivity contribution in [2.75, 3.05) is 44.2 Å². The molecule has 2 aliphatic rings. The molecule has 5 rings (SSSR count). The van der Waals surface area contributed by atoms with Gasteiger partial charge in [0.15, 0.2) is 11.5 Å². The summed E-state index contributed by atoms with van der Waals surface area (Å²) in [6, 6.07) is 17.5. The monoisotopic (exact) mass is 514 g/mol. The maximum Gasteiger partial charge on any atom is 0.337 e. The molecular formula is C29H26N2O7. The van der Waals surface area contributed by atoms with Gasteiger partial charge >= 0.3 is 5.97 Å². The van der Waals surface area contributed by atoms with Crippen molar-refractivity contribution in [3.63, 3.8) is 0 Å². The number of aliphatic hydroxyl groups excluding tert-OH is 1. The molecule has 1 saturated heterocycles. The summed E-state index contributed by atoms with van der Waals surface area (Å²) in [6.07, 6.45) is 0. The zero-order valence-electron chi connectivity index (χ0n) is 21.1. The topological polar surface area (TPSA) is 106 Å². The van der Waals surface area contributed by atoms with Crippen LogP contribution in [0.3, 0.4) is 0 Å². The Bertz CT molecular complexity index is 1460. The number of Topliss-reactive ketones (excluding diaryl/α,β-unsaturated/α-hetero) is 1. The molecule has 1 atom stereocenters. The van der Waals surface area contributed by atoms with Gasteiger partial charge in [0.05, 0.1) is 24.3 Å². The lowest BCUT2D eigenvalue weighted by Gasteiger charge is -2.26. The summed E-state index contributed by atoms with van der Waals surface area (Å²) in [5.41, 5.74) is 2.30. The van der Waals surface area contributed by atoms with E-state index in [4.69, 9.17) is 14.2 Å². The molecule has 1 N–H and O–H groups in total. The van der Waals surface area contributed by atoms with Crippen LogP contribution in [0.1, 0.15) is 27.5 Å². The first-order chi connectivity index (χ1) is 18.3. The second-order valence-corrected chi connectivity index (χ2v) is 9.06. The largest absolute Gasteiger partial charge is 0.507 e. The molecule has 9 nitrogen and oxygen atoms in total. The zero-order chi connectivity index (χ0) is 27.0. The number of ether oxygens (including phenoxy) is 3. The highest BCUT2D eigenvalue weighted by Crippen LogP contribution is 2.43. The van der Waals surface area contributed by atoms with Crippen LogP contribution in [0.5, 0.6) is 11.5 Å². The minimum Gasteiger partial charge on any atom is -0.507 e. The number of nitrogens with zero attached hydrogens (tertiary/aromatic N) is 2. The summed E-state index contributed by atoms with van der Waals surface area (Å²) >= 11 is 0. The van der Waals surface area contributed by atoms with E-state index >= 15 is 0 Å². The standard InChI is InChI=1S/C29H26N2O7/c1-30(2)20-10-7-17(8-11-20)25-24(26(32)18-9-12-22-23(16-18)38-14-13-37-22)27(33)28(34)31(25)21-6-4-5-19(15-21)29(35)36-3/h4-12,15-16,25,32H,13-14H2,1-3H3/b26-24-. The first-order valence-corrected chi connectivity index (χ1v) is 12.0. The number of methoxy groups -OCH3 is 1. The molecule has 0 saturated carbocycles. The third-order valence-electron chi connectivity index (χ3n) is 6.53. The van der Waals surface area contributed by atoms with E-state index in [2.05, 4.69) is 0 Å². The maximum atomic E-state index is 13.5. The summed E-state index contributed by atoms with van der Waals surface area (Å²) in [5, 5.41) is 11.4. The number of hydrogen-bond donors (Lipinski definition) is 1. The molecule has 0 bridgehead atoms. The van der Waals surface area contributed by atoms with Crippen molar-refractivity contribution < 1.29 is 33.7 Å². The normalized spacial score (nSPS) is 17.9. The van der Waals surface area contributed by atoms with Gasteiger partial charge in [0.1, 0.15) is 19.0 Å². The number of hydrogen-bond acceptors (Lipinski definition) is 8. The quantitative estimate of drug-likeness (QED) is 0.236. The van der Waals surface area contributed by atoms with E-state index in [1.54, 1.807) is 48.5 Å². The molecule has 0 aliphatic carbocycles. The number of rotatable bonds is 5. The number of amides is 1. The Labute approximate surface area is 219 Å². The zero-order valence-corrected chi connectivity index (χ0v) is 21.1. The average Bonchev–Trinajstić information content (AvgIpc) is 3.21. The van der Waals surface area contributed by atoms with Gasteiger partial charge < -0.3 is 24.2 Å². The Hall–Kier alpha value is -4.79. The van der Waals surface area contributed by atoms with E-state index in [-0.39, 0.29) is 16.9 Å². The van der Waals surface area contributed by atoms with E-state index in [0.29, 0.717) is 41.5 Å². The lowest BCUT2D eigenvalue weighted by Crippen LogP contribution is -2.29. The fourth-order valence-electron chi connectivity index (χ4n) is 4.62. The summed E-state index contributed by atoms with van der Waals surface area (Å²) in [6.45, 7) is 0.771. The summed E-state index contributed by atoms with van der Waals surface area (Å²) in [5.74, 6) is -1.62. The van der Waals surface area contributed by atoms with Crippen molar-refractivity contribution in [3.05, 3.63) is 89.0 Å². The van der Waals surface area contributed by atoms with Gasteiger partial charge in [-0.05, 0) is 54.1 Å². The molecule has 38 heavy (non-hydrogen) atoms. The SMILES string of the molecule is COC(=O)c1cccc(N2C(=O)C(=O)/C(=C(\O)c3ccc4c(c3)OCCO4)C2c2ccc(N(C)C)cc2)c1. The van der Waals surface area contributed by atoms with E-state index in [0.717, 1.165) is 5.69 Å². The van der Waals surface area contributed by atoms with E-state index in [1.807, 2.05) is 31.1 Å². The Morgan fingerprint density at radius 1 is 0.947 bits per heavy atom. The molecule has 0 spiro atoms. The van der Waals surface area contributed by atoms with Gasteiger partial charge in [0, 0.05) is 31.0 Å². The van der Waals surface area contributed by atoms with Crippen LogP contribution in [0.2, 0.25) is 0 Å². The fraction of sp³-hybridized carbons (Fsp3) is 0.207. The number of carbonyl (C=O) groups excluding carboxylic acids is 3. The Morgan fingerprint density at radius 2 is 1.66 bits per heavy atom. The highest BCUT2D eigenvalue weighted by molar-refractivity contribution is 6.51. The van der Waals surface area contributed by atoms with Crippen LogP contribution in [-0.4, -0.2) is 57.2 Å². The van der Waals surface area contributed by atoms with Crippen LogP contribution in [0.25, 0.3) is 5.76 Å². The van der Waals surface area contributed by atoms with Crippen molar-refractivity contribution >= 4 is 34.8 Å². The number of ketones is 1. The molecule has 3 aromatic rings. The highest BCUT2D eigenvalue weighted by Gasteiger charge is 2.47. The number of aliphatic hydroxyl groups is 1. The van der Waals surface area contributed by atoms with Crippen molar-refractivity contribution in [3.8, 4) is 11.5 Å². The van der Waals surface area contributed by atoms with Crippen LogP contribution in [0.4, 0.5) is 11.4 Å². The van der Waals surface area contributed by atoms with Crippen molar-refractivity contribution in [1.82, 2.24) is 0 Å². The van der Waals surface area contributed by atoms with E-state index < -0.39 is 23.7 Å². The number of anilines is 2. The van der Waals surface area contributed by atoms with Crippen LogP contribution < -0.4 is 19.3 Å².